The first-order chi connectivity index (χ1) is 9.81. The molecule has 1 fully saturated rings. The number of nitriles is 1. The molecule has 0 spiro atoms. The number of fused-ring (bicyclic) bond motifs is 1. The Kier molecular flexibility index (Phi) is 3.53. The first kappa shape index (κ1) is 12.9. The van der Waals surface area contributed by atoms with Crippen molar-refractivity contribution >= 4 is 16.6 Å². The number of piperidine rings is 1. The van der Waals surface area contributed by atoms with Gasteiger partial charge in [0.15, 0.2) is 0 Å². The molecule has 1 aromatic heterocycles. The van der Waals surface area contributed by atoms with Gasteiger partial charge in [0.1, 0.15) is 11.8 Å². The molecule has 2 aromatic rings. The number of aromatic nitrogens is 1. The number of para-hydroxylation sites is 1. The van der Waals surface area contributed by atoms with Gasteiger partial charge in [-0.15, -0.1) is 0 Å². The molecule has 1 aliphatic heterocycles. The van der Waals surface area contributed by atoms with Crippen molar-refractivity contribution in [2.45, 2.75) is 12.8 Å². The van der Waals surface area contributed by atoms with Gasteiger partial charge in [0, 0.05) is 30.8 Å². The predicted octanol–water partition coefficient (Wildman–Crippen LogP) is 2.32. The standard InChI is InChI=1S/C16H17N3O/c17-10-13-9-16(14-3-1-2-4-15(14)18-13)19-7-5-12(11-20)6-8-19/h1-4,9,12,20H,5-8,11H2. The summed E-state index contributed by atoms with van der Waals surface area (Å²) in [5.74, 6) is 0.412. The second-order valence-corrected chi connectivity index (χ2v) is 5.27. The van der Waals surface area contributed by atoms with E-state index < -0.39 is 0 Å². The summed E-state index contributed by atoms with van der Waals surface area (Å²) in [5.41, 5.74) is 2.41. The summed E-state index contributed by atoms with van der Waals surface area (Å²) < 4.78 is 0. The van der Waals surface area contributed by atoms with E-state index in [0.717, 1.165) is 42.5 Å². The summed E-state index contributed by atoms with van der Waals surface area (Å²) in [6, 6.07) is 12.0. The first-order valence-corrected chi connectivity index (χ1v) is 6.97. The fourth-order valence-corrected chi connectivity index (χ4v) is 2.83. The van der Waals surface area contributed by atoms with Crippen LogP contribution in [0, 0.1) is 17.2 Å². The van der Waals surface area contributed by atoms with Gasteiger partial charge in [-0.05, 0) is 30.9 Å². The van der Waals surface area contributed by atoms with Crippen LogP contribution in [0.25, 0.3) is 10.9 Å². The molecule has 0 unspecified atom stereocenters. The van der Waals surface area contributed by atoms with Crippen LogP contribution < -0.4 is 4.90 Å². The third kappa shape index (κ3) is 2.33. The minimum absolute atomic E-state index is 0.272. The molecule has 0 radical (unpaired) electrons. The molecule has 2 heterocycles. The molecule has 1 saturated heterocycles. The molecule has 0 aliphatic carbocycles. The SMILES string of the molecule is N#Cc1cc(N2CCC(CO)CC2)c2ccccc2n1. The monoisotopic (exact) mass is 267 g/mol. The summed E-state index contributed by atoms with van der Waals surface area (Å²) in [6.07, 6.45) is 1.99. The number of benzene rings is 1. The average Bonchev–Trinajstić information content (AvgIpc) is 2.54. The Morgan fingerprint density at radius 3 is 2.75 bits per heavy atom. The fourth-order valence-electron chi connectivity index (χ4n) is 2.83. The van der Waals surface area contributed by atoms with E-state index in [1.165, 1.54) is 0 Å². The van der Waals surface area contributed by atoms with Crippen molar-refractivity contribution in [1.82, 2.24) is 4.98 Å². The molecule has 4 heteroatoms. The van der Waals surface area contributed by atoms with Gasteiger partial charge in [-0.3, -0.25) is 0 Å². The second kappa shape index (κ2) is 5.48. The maximum Gasteiger partial charge on any atom is 0.143 e. The lowest BCUT2D eigenvalue weighted by atomic mass is 9.97. The third-order valence-corrected chi connectivity index (χ3v) is 4.02. The van der Waals surface area contributed by atoms with Crippen LogP contribution in [-0.2, 0) is 0 Å². The van der Waals surface area contributed by atoms with Gasteiger partial charge < -0.3 is 10.0 Å². The highest BCUT2D eigenvalue weighted by Gasteiger charge is 2.20. The van der Waals surface area contributed by atoms with Crippen LogP contribution in [0.5, 0.6) is 0 Å². The van der Waals surface area contributed by atoms with E-state index in [0.29, 0.717) is 11.6 Å². The highest BCUT2D eigenvalue weighted by Crippen LogP contribution is 2.30. The zero-order chi connectivity index (χ0) is 13.9. The summed E-state index contributed by atoms with van der Waals surface area (Å²) in [7, 11) is 0. The zero-order valence-electron chi connectivity index (χ0n) is 11.3. The van der Waals surface area contributed by atoms with Crippen LogP contribution in [0.15, 0.2) is 30.3 Å². The summed E-state index contributed by atoms with van der Waals surface area (Å²) in [5, 5.41) is 19.5. The van der Waals surface area contributed by atoms with Crippen LogP contribution in [-0.4, -0.2) is 29.8 Å². The van der Waals surface area contributed by atoms with E-state index in [9.17, 15) is 5.11 Å². The number of pyridine rings is 1. The molecule has 3 rings (SSSR count). The Balaban J connectivity index is 2.00. The third-order valence-electron chi connectivity index (χ3n) is 4.02. The molecule has 0 saturated carbocycles. The molecular weight excluding hydrogens is 250 g/mol. The number of aliphatic hydroxyl groups excluding tert-OH is 1. The molecule has 0 amide bonds. The maximum absolute atomic E-state index is 9.23. The van der Waals surface area contributed by atoms with Crippen LogP contribution >= 0.6 is 0 Å². The minimum Gasteiger partial charge on any atom is -0.396 e. The maximum atomic E-state index is 9.23. The second-order valence-electron chi connectivity index (χ2n) is 5.27. The van der Waals surface area contributed by atoms with Crippen molar-refractivity contribution in [2.24, 2.45) is 5.92 Å². The fraction of sp³-hybridized carbons (Fsp3) is 0.375. The van der Waals surface area contributed by atoms with Gasteiger partial charge in [-0.1, -0.05) is 18.2 Å². The molecule has 102 valence electrons. The highest BCUT2D eigenvalue weighted by molar-refractivity contribution is 5.92. The average molecular weight is 267 g/mol. The molecular formula is C16H17N3O. The summed E-state index contributed by atoms with van der Waals surface area (Å²) in [6.45, 7) is 2.11. The minimum atomic E-state index is 0.272. The van der Waals surface area contributed by atoms with Crippen molar-refractivity contribution < 1.29 is 5.11 Å². The molecule has 0 bridgehead atoms. The smallest absolute Gasteiger partial charge is 0.143 e. The largest absolute Gasteiger partial charge is 0.396 e. The molecule has 1 aromatic carbocycles. The lowest BCUT2D eigenvalue weighted by Gasteiger charge is -2.33. The van der Waals surface area contributed by atoms with Gasteiger partial charge in [-0.2, -0.15) is 5.26 Å². The topological polar surface area (TPSA) is 60.2 Å². The number of hydrogen-bond donors (Lipinski definition) is 1. The molecule has 20 heavy (non-hydrogen) atoms. The molecule has 1 aliphatic rings. The lowest BCUT2D eigenvalue weighted by Crippen LogP contribution is -2.34. The van der Waals surface area contributed by atoms with Crippen molar-refractivity contribution in [2.75, 3.05) is 24.6 Å². The number of aliphatic hydroxyl groups is 1. The Labute approximate surface area is 118 Å². The number of rotatable bonds is 2. The van der Waals surface area contributed by atoms with Crippen molar-refractivity contribution in [3.05, 3.63) is 36.0 Å². The zero-order valence-corrected chi connectivity index (χ0v) is 11.3. The molecule has 0 atom stereocenters. The number of nitrogens with zero attached hydrogens (tertiary/aromatic N) is 3. The number of hydrogen-bond acceptors (Lipinski definition) is 4. The normalized spacial score (nSPS) is 16.3. The Morgan fingerprint density at radius 1 is 1.30 bits per heavy atom. The first-order valence-electron chi connectivity index (χ1n) is 6.97. The quantitative estimate of drug-likeness (QED) is 0.907. The van der Waals surface area contributed by atoms with Gasteiger partial charge in [-0.25, -0.2) is 4.98 Å². The van der Waals surface area contributed by atoms with Gasteiger partial charge >= 0.3 is 0 Å². The Morgan fingerprint density at radius 2 is 2.05 bits per heavy atom. The predicted molar refractivity (Wildman–Crippen MR) is 78.5 cm³/mol. The van der Waals surface area contributed by atoms with Gasteiger partial charge in [0.2, 0.25) is 0 Å². The molecule has 4 nitrogen and oxygen atoms in total. The van der Waals surface area contributed by atoms with E-state index in [2.05, 4.69) is 22.0 Å². The van der Waals surface area contributed by atoms with E-state index in [1.54, 1.807) is 0 Å². The summed E-state index contributed by atoms with van der Waals surface area (Å²) >= 11 is 0. The molecule has 1 N–H and O–H groups in total. The van der Waals surface area contributed by atoms with Crippen molar-refractivity contribution in [3.8, 4) is 6.07 Å². The van der Waals surface area contributed by atoms with E-state index in [1.807, 2.05) is 24.3 Å². The summed E-state index contributed by atoms with van der Waals surface area (Å²) in [4.78, 5) is 6.66. The van der Waals surface area contributed by atoms with Crippen molar-refractivity contribution in [3.63, 3.8) is 0 Å². The Hall–Kier alpha value is -2.12. The lowest BCUT2D eigenvalue weighted by molar-refractivity contribution is 0.203. The highest BCUT2D eigenvalue weighted by atomic mass is 16.3. The number of anilines is 1. The van der Waals surface area contributed by atoms with Crippen LogP contribution in [0.4, 0.5) is 5.69 Å². The van der Waals surface area contributed by atoms with Gasteiger partial charge in [0.25, 0.3) is 0 Å². The van der Waals surface area contributed by atoms with Gasteiger partial charge in [0.05, 0.1) is 5.52 Å². The van der Waals surface area contributed by atoms with E-state index in [4.69, 9.17) is 5.26 Å². The Bertz CT molecular complexity index is 654. The van der Waals surface area contributed by atoms with Crippen LogP contribution in [0.3, 0.4) is 0 Å². The van der Waals surface area contributed by atoms with Crippen molar-refractivity contribution in [1.29, 1.82) is 5.26 Å². The van der Waals surface area contributed by atoms with E-state index in [-0.39, 0.29) is 6.61 Å². The van der Waals surface area contributed by atoms with Crippen LogP contribution in [0.1, 0.15) is 18.5 Å². The van der Waals surface area contributed by atoms with Crippen LogP contribution in [0.2, 0.25) is 0 Å². The van der Waals surface area contributed by atoms with E-state index >= 15 is 0 Å².